The van der Waals surface area contributed by atoms with Crippen LogP contribution in [0.15, 0.2) is 12.3 Å². The van der Waals surface area contributed by atoms with E-state index in [4.69, 9.17) is 5.73 Å². The van der Waals surface area contributed by atoms with Gasteiger partial charge in [0.25, 0.3) is 0 Å². The first kappa shape index (κ1) is 6.80. The SMILES string of the molecule is Cc1cc(I)ncc1N. The number of nitrogens with zero attached hydrogens (tertiary/aromatic N) is 1. The van der Waals surface area contributed by atoms with Crippen LogP contribution in [0.3, 0.4) is 0 Å². The van der Waals surface area contributed by atoms with Crippen LogP contribution in [0.5, 0.6) is 0 Å². The molecule has 0 amide bonds. The molecule has 0 saturated heterocycles. The van der Waals surface area contributed by atoms with E-state index in [0.29, 0.717) is 0 Å². The van der Waals surface area contributed by atoms with Crippen molar-refractivity contribution in [3.63, 3.8) is 0 Å². The van der Waals surface area contributed by atoms with Gasteiger partial charge >= 0.3 is 0 Å². The van der Waals surface area contributed by atoms with E-state index < -0.39 is 0 Å². The normalized spacial score (nSPS) is 9.56. The fourth-order valence-corrected chi connectivity index (χ4v) is 1.14. The Hall–Kier alpha value is -0.320. The molecule has 0 aromatic carbocycles. The molecule has 0 atom stereocenters. The lowest BCUT2D eigenvalue weighted by Gasteiger charge is -1.96. The fraction of sp³-hybridized carbons (Fsp3) is 0.167. The number of halogens is 1. The Kier molecular flexibility index (Phi) is 1.90. The third-order valence-corrected chi connectivity index (χ3v) is 1.71. The molecular formula is C6H7IN2. The van der Waals surface area contributed by atoms with Crippen molar-refractivity contribution >= 4 is 28.3 Å². The van der Waals surface area contributed by atoms with Crippen LogP contribution in [-0.4, -0.2) is 4.98 Å². The number of anilines is 1. The van der Waals surface area contributed by atoms with Crippen LogP contribution >= 0.6 is 22.6 Å². The Morgan fingerprint density at radius 1 is 1.67 bits per heavy atom. The van der Waals surface area contributed by atoms with Crippen LogP contribution in [-0.2, 0) is 0 Å². The average molecular weight is 234 g/mol. The van der Waals surface area contributed by atoms with Crippen molar-refractivity contribution in [2.45, 2.75) is 6.92 Å². The maximum absolute atomic E-state index is 5.52. The molecule has 2 nitrogen and oxygen atoms in total. The molecule has 0 radical (unpaired) electrons. The van der Waals surface area contributed by atoms with Crippen molar-refractivity contribution in [3.05, 3.63) is 21.5 Å². The highest BCUT2D eigenvalue weighted by molar-refractivity contribution is 14.1. The molecule has 1 aromatic heterocycles. The Morgan fingerprint density at radius 3 is 2.78 bits per heavy atom. The Labute approximate surface area is 67.6 Å². The van der Waals surface area contributed by atoms with Crippen LogP contribution in [0, 0.1) is 10.6 Å². The number of hydrogen-bond acceptors (Lipinski definition) is 2. The molecule has 0 aliphatic carbocycles. The molecule has 0 bridgehead atoms. The van der Waals surface area contributed by atoms with Gasteiger partial charge in [0.2, 0.25) is 0 Å². The van der Waals surface area contributed by atoms with Crippen molar-refractivity contribution < 1.29 is 0 Å². The zero-order valence-electron chi connectivity index (χ0n) is 5.06. The molecule has 1 aromatic rings. The van der Waals surface area contributed by atoms with Crippen LogP contribution in [0.25, 0.3) is 0 Å². The Balaban J connectivity index is 3.17. The third kappa shape index (κ3) is 1.54. The van der Waals surface area contributed by atoms with Gasteiger partial charge in [0, 0.05) is 0 Å². The van der Waals surface area contributed by atoms with Crippen molar-refractivity contribution in [2.75, 3.05) is 5.73 Å². The number of hydrogen-bond donors (Lipinski definition) is 1. The smallest absolute Gasteiger partial charge is 0.101 e. The number of nitrogens with two attached hydrogens (primary N) is 1. The molecule has 0 spiro atoms. The van der Waals surface area contributed by atoms with E-state index in [-0.39, 0.29) is 0 Å². The van der Waals surface area contributed by atoms with Crippen LogP contribution in [0.4, 0.5) is 5.69 Å². The fourth-order valence-electron chi connectivity index (χ4n) is 0.532. The van der Waals surface area contributed by atoms with Gasteiger partial charge in [-0.1, -0.05) is 0 Å². The maximum atomic E-state index is 5.52. The lowest BCUT2D eigenvalue weighted by atomic mass is 10.3. The monoisotopic (exact) mass is 234 g/mol. The maximum Gasteiger partial charge on any atom is 0.101 e. The zero-order chi connectivity index (χ0) is 6.85. The summed E-state index contributed by atoms with van der Waals surface area (Å²) in [5.41, 5.74) is 7.37. The van der Waals surface area contributed by atoms with E-state index in [0.717, 1.165) is 15.0 Å². The first-order valence-corrected chi connectivity index (χ1v) is 3.65. The third-order valence-electron chi connectivity index (χ3n) is 1.12. The molecule has 2 N–H and O–H groups in total. The summed E-state index contributed by atoms with van der Waals surface area (Å²) in [6.07, 6.45) is 1.68. The molecule has 3 heteroatoms. The van der Waals surface area contributed by atoms with Gasteiger partial charge in [-0.25, -0.2) is 4.98 Å². The van der Waals surface area contributed by atoms with E-state index >= 15 is 0 Å². The zero-order valence-corrected chi connectivity index (χ0v) is 7.21. The average Bonchev–Trinajstić information content (AvgIpc) is 1.80. The summed E-state index contributed by atoms with van der Waals surface area (Å²) in [4.78, 5) is 4.00. The van der Waals surface area contributed by atoms with Gasteiger partial charge in [0.15, 0.2) is 0 Å². The second kappa shape index (κ2) is 2.51. The highest BCUT2D eigenvalue weighted by atomic mass is 127. The Morgan fingerprint density at radius 2 is 2.33 bits per heavy atom. The van der Waals surface area contributed by atoms with E-state index in [9.17, 15) is 0 Å². The highest BCUT2D eigenvalue weighted by Gasteiger charge is 1.92. The molecule has 1 heterocycles. The molecule has 0 fully saturated rings. The predicted molar refractivity (Wildman–Crippen MR) is 46.1 cm³/mol. The summed E-state index contributed by atoms with van der Waals surface area (Å²) in [6, 6.07) is 1.95. The van der Waals surface area contributed by atoms with E-state index in [1.165, 1.54) is 0 Å². The first-order valence-electron chi connectivity index (χ1n) is 2.58. The molecule has 0 unspecified atom stereocenters. The summed E-state index contributed by atoms with van der Waals surface area (Å²) in [5.74, 6) is 0. The second-order valence-electron chi connectivity index (χ2n) is 1.86. The molecule has 1 rings (SSSR count). The summed E-state index contributed by atoms with van der Waals surface area (Å²) in [5, 5.41) is 0. The van der Waals surface area contributed by atoms with Gasteiger partial charge in [-0.3, -0.25) is 0 Å². The van der Waals surface area contributed by atoms with Crippen molar-refractivity contribution in [1.82, 2.24) is 4.98 Å². The van der Waals surface area contributed by atoms with Crippen molar-refractivity contribution in [2.24, 2.45) is 0 Å². The number of pyridine rings is 1. The van der Waals surface area contributed by atoms with Gasteiger partial charge in [0.05, 0.1) is 11.9 Å². The minimum Gasteiger partial charge on any atom is -0.397 e. The van der Waals surface area contributed by atoms with E-state index in [2.05, 4.69) is 27.6 Å². The highest BCUT2D eigenvalue weighted by Crippen LogP contribution is 2.10. The molecule has 48 valence electrons. The molecule has 0 aliphatic heterocycles. The van der Waals surface area contributed by atoms with Crippen molar-refractivity contribution in [1.29, 1.82) is 0 Å². The minimum atomic E-state index is 0.760. The number of aryl methyl sites for hydroxylation is 1. The quantitative estimate of drug-likeness (QED) is 0.546. The van der Waals surface area contributed by atoms with Gasteiger partial charge in [-0.05, 0) is 41.1 Å². The first-order chi connectivity index (χ1) is 4.20. The largest absolute Gasteiger partial charge is 0.397 e. The van der Waals surface area contributed by atoms with Crippen LogP contribution in [0.1, 0.15) is 5.56 Å². The summed E-state index contributed by atoms with van der Waals surface area (Å²) in [7, 11) is 0. The molecule has 0 aliphatic rings. The number of aromatic nitrogens is 1. The van der Waals surface area contributed by atoms with Gasteiger partial charge in [0.1, 0.15) is 3.70 Å². The topological polar surface area (TPSA) is 38.9 Å². The van der Waals surface area contributed by atoms with Crippen LogP contribution < -0.4 is 5.73 Å². The summed E-state index contributed by atoms with van der Waals surface area (Å²) in [6.45, 7) is 1.97. The molecular weight excluding hydrogens is 227 g/mol. The minimum absolute atomic E-state index is 0.760. The molecule has 0 saturated carbocycles. The standard InChI is InChI=1S/C6H7IN2/c1-4-2-6(7)9-3-5(4)8/h2-3H,8H2,1H3. The van der Waals surface area contributed by atoms with Gasteiger partial charge < -0.3 is 5.73 Å². The molecule has 9 heavy (non-hydrogen) atoms. The number of nitrogen functional groups attached to an aromatic ring is 1. The van der Waals surface area contributed by atoms with E-state index in [1.54, 1.807) is 6.20 Å². The second-order valence-corrected chi connectivity index (χ2v) is 2.97. The van der Waals surface area contributed by atoms with Gasteiger partial charge in [-0.2, -0.15) is 0 Å². The van der Waals surface area contributed by atoms with Crippen molar-refractivity contribution in [3.8, 4) is 0 Å². The Bertz CT molecular complexity index is 222. The predicted octanol–water partition coefficient (Wildman–Crippen LogP) is 1.58. The van der Waals surface area contributed by atoms with Gasteiger partial charge in [-0.15, -0.1) is 0 Å². The van der Waals surface area contributed by atoms with E-state index in [1.807, 2.05) is 13.0 Å². The summed E-state index contributed by atoms with van der Waals surface area (Å²) >= 11 is 2.16. The number of rotatable bonds is 0. The summed E-state index contributed by atoms with van der Waals surface area (Å²) < 4.78 is 0.985. The lowest BCUT2D eigenvalue weighted by molar-refractivity contribution is 1.24. The van der Waals surface area contributed by atoms with Crippen LogP contribution in [0.2, 0.25) is 0 Å². The lowest BCUT2D eigenvalue weighted by Crippen LogP contribution is -1.91.